The number of methoxy groups -OCH3 is 1. The van der Waals surface area contributed by atoms with Crippen LogP contribution in [0.5, 0.6) is 5.75 Å². The molecule has 7 rings (SSSR count). The number of hydrogen-bond acceptors (Lipinski definition) is 8. The van der Waals surface area contributed by atoms with Crippen molar-refractivity contribution >= 4 is 28.6 Å². The Morgan fingerprint density at radius 3 is 2.68 bits per heavy atom. The largest absolute Gasteiger partial charge is 0.489 e. The molecular weight excluding hydrogens is 560 g/mol. The highest BCUT2D eigenvalue weighted by Gasteiger charge is 2.40. The molecule has 0 unspecified atom stereocenters. The number of imide groups is 1. The second kappa shape index (κ2) is 12.3. The predicted molar refractivity (Wildman–Crippen MR) is 162 cm³/mol. The van der Waals surface area contributed by atoms with E-state index in [2.05, 4.69) is 40.5 Å². The monoisotopic (exact) mass is 598 g/mol. The number of ether oxygens (including phenoxy) is 3. The fraction of sp³-hybridized carbons (Fsp3) is 0.471. The summed E-state index contributed by atoms with van der Waals surface area (Å²) in [5, 5.41) is 3.51. The van der Waals surface area contributed by atoms with Crippen LogP contribution in [0.3, 0.4) is 0 Å². The van der Waals surface area contributed by atoms with Crippen LogP contribution < -0.4 is 10.1 Å². The highest BCUT2D eigenvalue weighted by molar-refractivity contribution is 6.05. The molecule has 0 spiro atoms. The normalized spacial score (nSPS) is 24.6. The molecule has 44 heavy (non-hydrogen) atoms. The van der Waals surface area contributed by atoms with E-state index >= 15 is 0 Å². The maximum atomic E-state index is 13.1. The molecule has 230 valence electrons. The van der Waals surface area contributed by atoms with Crippen LogP contribution in [-0.2, 0) is 32.2 Å². The van der Waals surface area contributed by atoms with Gasteiger partial charge in [0.1, 0.15) is 17.9 Å². The molecule has 3 aromatic rings. The van der Waals surface area contributed by atoms with Crippen LogP contribution in [0.1, 0.15) is 58.8 Å². The Morgan fingerprint density at radius 2 is 1.86 bits per heavy atom. The quantitative estimate of drug-likeness (QED) is 0.393. The minimum Gasteiger partial charge on any atom is -0.489 e. The van der Waals surface area contributed by atoms with E-state index in [-0.39, 0.29) is 30.3 Å². The lowest BCUT2D eigenvalue weighted by Crippen LogP contribution is -2.52. The molecule has 0 bridgehead atoms. The molecule has 3 atom stereocenters. The van der Waals surface area contributed by atoms with Crippen molar-refractivity contribution in [3.8, 4) is 5.75 Å². The van der Waals surface area contributed by atoms with Gasteiger partial charge in [-0.25, -0.2) is 0 Å². The first-order chi connectivity index (χ1) is 21.4. The first-order valence-electron chi connectivity index (χ1n) is 15.6. The molecule has 5 heterocycles. The van der Waals surface area contributed by atoms with E-state index in [9.17, 15) is 14.4 Å². The van der Waals surface area contributed by atoms with Crippen molar-refractivity contribution in [2.45, 2.75) is 56.8 Å². The standard InChI is InChI=1S/C34H38N4O6/c1-42-20-25-17-37(16-21-2-6-29-23(14-21)3-7-28(35-29)22-10-12-43-13-11-22)19-31(25)44-26-4-5-27-24(15-26)18-38(34(27)41)30-8-9-32(39)36-33(30)40/h2-7,14-15,22,25,30-31H,8-13,16-20H2,1H3,(H,36,39,40)/t25-,30-,31+/m0/s1. The van der Waals surface area contributed by atoms with E-state index in [0.717, 1.165) is 67.8 Å². The minimum absolute atomic E-state index is 0.0690. The van der Waals surface area contributed by atoms with Gasteiger partial charge in [-0.3, -0.25) is 29.6 Å². The number of carbonyl (C=O) groups is 3. The average molecular weight is 599 g/mol. The molecule has 10 heteroatoms. The molecule has 3 fully saturated rings. The zero-order valence-corrected chi connectivity index (χ0v) is 25.0. The maximum Gasteiger partial charge on any atom is 0.255 e. The highest BCUT2D eigenvalue weighted by Crippen LogP contribution is 2.33. The Morgan fingerprint density at radius 1 is 1.00 bits per heavy atom. The van der Waals surface area contributed by atoms with Crippen LogP contribution in [0.4, 0.5) is 0 Å². The van der Waals surface area contributed by atoms with Crippen LogP contribution in [0.25, 0.3) is 10.9 Å². The van der Waals surface area contributed by atoms with Crippen molar-refractivity contribution in [1.82, 2.24) is 20.1 Å². The maximum absolute atomic E-state index is 13.1. The summed E-state index contributed by atoms with van der Waals surface area (Å²) in [5.74, 6) is 0.485. The Bertz CT molecular complexity index is 1590. The summed E-state index contributed by atoms with van der Waals surface area (Å²) in [6.07, 6.45) is 2.57. The van der Waals surface area contributed by atoms with E-state index in [1.165, 1.54) is 5.56 Å². The van der Waals surface area contributed by atoms with Gasteiger partial charge in [0.25, 0.3) is 5.91 Å². The first kappa shape index (κ1) is 28.9. The first-order valence-corrected chi connectivity index (χ1v) is 15.6. The van der Waals surface area contributed by atoms with Crippen molar-refractivity contribution in [3.63, 3.8) is 0 Å². The van der Waals surface area contributed by atoms with Crippen LogP contribution >= 0.6 is 0 Å². The summed E-state index contributed by atoms with van der Waals surface area (Å²) in [4.78, 5) is 46.0. The van der Waals surface area contributed by atoms with Gasteiger partial charge in [-0.15, -0.1) is 0 Å². The third-order valence-electron chi connectivity index (χ3n) is 9.44. The van der Waals surface area contributed by atoms with Gasteiger partial charge in [0.05, 0.1) is 12.1 Å². The van der Waals surface area contributed by atoms with Crippen molar-refractivity contribution < 1.29 is 28.6 Å². The lowest BCUT2D eigenvalue weighted by molar-refractivity contribution is -0.136. The average Bonchev–Trinajstić information content (AvgIpc) is 3.56. The number of rotatable bonds is 8. The number of pyridine rings is 1. The highest BCUT2D eigenvalue weighted by atomic mass is 16.5. The Balaban J connectivity index is 1.01. The van der Waals surface area contributed by atoms with Crippen molar-refractivity contribution in [2.75, 3.05) is 40.0 Å². The molecule has 3 amide bonds. The third kappa shape index (κ3) is 5.81. The van der Waals surface area contributed by atoms with E-state index in [1.807, 2.05) is 12.1 Å². The summed E-state index contributed by atoms with van der Waals surface area (Å²) < 4.78 is 17.6. The number of nitrogens with one attached hydrogen (secondary N) is 1. The number of carbonyl (C=O) groups excluding carboxylic acids is 3. The number of piperidine rings is 1. The molecule has 3 saturated heterocycles. The van der Waals surface area contributed by atoms with E-state index in [4.69, 9.17) is 19.2 Å². The second-order valence-electron chi connectivity index (χ2n) is 12.4. The molecule has 4 aliphatic heterocycles. The van der Waals surface area contributed by atoms with Gasteiger partial charge in [0.15, 0.2) is 0 Å². The number of fused-ring (bicyclic) bond motifs is 2. The summed E-state index contributed by atoms with van der Waals surface area (Å²) >= 11 is 0. The summed E-state index contributed by atoms with van der Waals surface area (Å²) in [6, 6.07) is 15.8. The fourth-order valence-corrected chi connectivity index (χ4v) is 7.13. The number of likely N-dealkylation sites (tertiary alicyclic amines) is 1. The third-order valence-corrected chi connectivity index (χ3v) is 9.44. The van der Waals surface area contributed by atoms with Crippen LogP contribution in [-0.4, -0.2) is 84.7 Å². The van der Waals surface area contributed by atoms with Gasteiger partial charge in [-0.1, -0.05) is 12.1 Å². The lowest BCUT2D eigenvalue weighted by Gasteiger charge is -2.29. The number of nitrogens with zero attached hydrogens (tertiary/aromatic N) is 3. The van der Waals surface area contributed by atoms with Gasteiger partial charge in [0, 0.05) is 81.4 Å². The molecule has 0 aliphatic carbocycles. The molecular formula is C34H38N4O6. The summed E-state index contributed by atoms with van der Waals surface area (Å²) in [5.41, 5.74) is 4.84. The number of aromatic nitrogens is 1. The van der Waals surface area contributed by atoms with Crippen molar-refractivity contribution in [1.29, 1.82) is 0 Å². The van der Waals surface area contributed by atoms with Gasteiger partial charge in [0.2, 0.25) is 11.8 Å². The van der Waals surface area contributed by atoms with Gasteiger partial charge in [-0.2, -0.15) is 0 Å². The Kier molecular flexibility index (Phi) is 8.05. The molecule has 0 saturated carbocycles. The van der Waals surface area contributed by atoms with Crippen molar-refractivity contribution in [2.24, 2.45) is 5.92 Å². The molecule has 1 aromatic heterocycles. The van der Waals surface area contributed by atoms with E-state index in [0.29, 0.717) is 36.8 Å². The van der Waals surface area contributed by atoms with Crippen molar-refractivity contribution in [3.05, 3.63) is 70.9 Å². The topological polar surface area (TPSA) is 110 Å². The molecule has 10 nitrogen and oxygen atoms in total. The molecule has 0 radical (unpaired) electrons. The minimum atomic E-state index is -0.633. The van der Waals surface area contributed by atoms with Crippen LogP contribution in [0.15, 0.2) is 48.5 Å². The zero-order valence-electron chi connectivity index (χ0n) is 25.0. The number of amides is 3. The molecule has 4 aliphatic rings. The Hall–Kier alpha value is -3.86. The molecule has 1 N–H and O–H groups in total. The van der Waals surface area contributed by atoms with E-state index in [1.54, 1.807) is 18.1 Å². The SMILES string of the molecule is COC[C@@H]1CN(Cc2ccc3nc(C4CCOCC4)ccc3c2)C[C@H]1Oc1ccc2c(c1)CN([C@H]1CCC(=O)NC1=O)C2=O. The van der Waals surface area contributed by atoms with Crippen LogP contribution in [0, 0.1) is 5.92 Å². The Labute approximate surface area is 256 Å². The van der Waals surface area contributed by atoms with Gasteiger partial charge >= 0.3 is 0 Å². The predicted octanol–water partition coefficient (Wildman–Crippen LogP) is 3.42. The fourth-order valence-electron chi connectivity index (χ4n) is 7.13. The van der Waals surface area contributed by atoms with Crippen LogP contribution in [0.2, 0.25) is 0 Å². The second-order valence-corrected chi connectivity index (χ2v) is 12.4. The van der Waals surface area contributed by atoms with E-state index < -0.39 is 11.9 Å². The lowest BCUT2D eigenvalue weighted by atomic mass is 9.95. The number of benzene rings is 2. The summed E-state index contributed by atoms with van der Waals surface area (Å²) in [7, 11) is 1.72. The number of hydrogen-bond donors (Lipinski definition) is 1. The smallest absolute Gasteiger partial charge is 0.255 e. The molecule has 2 aromatic carbocycles. The zero-order chi connectivity index (χ0) is 30.2. The van der Waals surface area contributed by atoms with Gasteiger partial charge in [-0.05, 0) is 66.8 Å². The summed E-state index contributed by atoms with van der Waals surface area (Å²) in [6.45, 7) is 4.94. The van der Waals surface area contributed by atoms with Gasteiger partial charge < -0.3 is 19.1 Å².